The summed E-state index contributed by atoms with van der Waals surface area (Å²) < 4.78 is 0. The Morgan fingerprint density at radius 3 is 2.57 bits per heavy atom. The van der Waals surface area contributed by atoms with Gasteiger partial charge in [-0.1, -0.05) is 33.1 Å². The quantitative estimate of drug-likeness (QED) is 0.499. The van der Waals surface area contributed by atoms with Crippen molar-refractivity contribution in [2.45, 2.75) is 58.5 Å². The largest absolute Gasteiger partial charge is 0.298 e. The number of carbonyl (C=O) groups excluding carboxylic acids is 1. The van der Waals surface area contributed by atoms with Gasteiger partial charge in [0.1, 0.15) is 5.78 Å². The van der Waals surface area contributed by atoms with Crippen molar-refractivity contribution in [2.75, 3.05) is 6.54 Å². The molecule has 1 aliphatic rings. The van der Waals surface area contributed by atoms with Crippen LogP contribution in [0, 0.1) is 0 Å². The van der Waals surface area contributed by atoms with Crippen LogP contribution in [0.3, 0.4) is 0 Å². The maximum absolute atomic E-state index is 11.3. The van der Waals surface area contributed by atoms with Crippen LogP contribution < -0.4 is 5.43 Å². The average Bonchev–Trinajstić information content (AvgIpc) is 2.80. The van der Waals surface area contributed by atoms with Gasteiger partial charge in [0.2, 0.25) is 0 Å². The van der Waals surface area contributed by atoms with Crippen molar-refractivity contribution in [3.05, 3.63) is 0 Å². The average molecular weight is 198 g/mol. The third kappa shape index (κ3) is 2.79. The minimum absolute atomic E-state index is 0.159. The van der Waals surface area contributed by atoms with E-state index in [4.69, 9.17) is 0 Å². The molecule has 0 amide bonds. The Hall–Kier alpha value is -0.410. The fourth-order valence-electron chi connectivity index (χ4n) is 2.05. The molecule has 3 atom stereocenters. The van der Waals surface area contributed by atoms with Gasteiger partial charge in [0, 0.05) is 12.6 Å². The first-order valence-corrected chi connectivity index (χ1v) is 5.74. The summed E-state index contributed by atoms with van der Waals surface area (Å²) in [7, 11) is 0. The smallest absolute Gasteiger partial charge is 0.149 e. The van der Waals surface area contributed by atoms with Gasteiger partial charge in [-0.05, 0) is 13.3 Å². The Bertz CT molecular complexity index is 194. The Labute approximate surface area is 86.8 Å². The zero-order valence-corrected chi connectivity index (χ0v) is 9.55. The van der Waals surface area contributed by atoms with E-state index in [-0.39, 0.29) is 6.04 Å². The maximum atomic E-state index is 11.3. The monoisotopic (exact) mass is 198 g/mol. The van der Waals surface area contributed by atoms with E-state index in [2.05, 4.69) is 24.3 Å². The second kappa shape index (κ2) is 5.47. The molecule has 1 fully saturated rings. The van der Waals surface area contributed by atoms with Crippen molar-refractivity contribution in [1.82, 2.24) is 10.4 Å². The van der Waals surface area contributed by atoms with Crippen molar-refractivity contribution in [3.8, 4) is 0 Å². The Balaban J connectivity index is 2.26. The van der Waals surface area contributed by atoms with Crippen LogP contribution in [0.15, 0.2) is 0 Å². The SMILES string of the molecule is CCCCC[C@@H]1[C@@H](C(C)=O)N1NCC. The summed E-state index contributed by atoms with van der Waals surface area (Å²) in [5, 5.41) is 2.11. The Kier molecular flexibility index (Phi) is 4.55. The number of ketones is 1. The van der Waals surface area contributed by atoms with Gasteiger partial charge in [-0.25, -0.2) is 5.01 Å². The molecule has 3 heteroatoms. The highest BCUT2D eigenvalue weighted by molar-refractivity contribution is 5.85. The summed E-state index contributed by atoms with van der Waals surface area (Å²) in [6, 6.07) is 0.630. The van der Waals surface area contributed by atoms with Crippen LogP contribution in [0.5, 0.6) is 0 Å². The second-order valence-corrected chi connectivity index (χ2v) is 4.04. The van der Waals surface area contributed by atoms with Gasteiger partial charge in [-0.2, -0.15) is 0 Å². The first-order chi connectivity index (χ1) is 6.72. The molecule has 0 aromatic carbocycles. The lowest BCUT2D eigenvalue weighted by molar-refractivity contribution is -0.117. The van der Waals surface area contributed by atoms with Gasteiger partial charge >= 0.3 is 0 Å². The van der Waals surface area contributed by atoms with Crippen LogP contribution in [-0.4, -0.2) is 29.4 Å². The summed E-state index contributed by atoms with van der Waals surface area (Å²) in [4.78, 5) is 11.3. The molecule has 14 heavy (non-hydrogen) atoms. The second-order valence-electron chi connectivity index (χ2n) is 4.04. The van der Waals surface area contributed by atoms with E-state index in [0.717, 1.165) is 13.0 Å². The third-order valence-electron chi connectivity index (χ3n) is 2.79. The molecule has 0 aromatic rings. The van der Waals surface area contributed by atoms with E-state index in [1.54, 1.807) is 6.92 Å². The van der Waals surface area contributed by atoms with E-state index >= 15 is 0 Å². The van der Waals surface area contributed by atoms with E-state index in [0.29, 0.717) is 11.8 Å². The number of rotatable bonds is 7. The Morgan fingerprint density at radius 1 is 1.36 bits per heavy atom. The van der Waals surface area contributed by atoms with E-state index in [9.17, 15) is 4.79 Å². The lowest BCUT2D eigenvalue weighted by Crippen LogP contribution is -2.25. The number of nitrogens with zero attached hydrogens (tertiary/aromatic N) is 1. The highest BCUT2D eigenvalue weighted by Crippen LogP contribution is 2.30. The molecule has 0 bridgehead atoms. The maximum Gasteiger partial charge on any atom is 0.149 e. The lowest BCUT2D eigenvalue weighted by Gasteiger charge is -2.02. The number of Topliss-reactive ketones (excluding diaryl/α,β-unsaturated/α-hetero) is 1. The fraction of sp³-hybridized carbons (Fsp3) is 0.909. The molecule has 1 unspecified atom stereocenters. The molecule has 3 nitrogen and oxygen atoms in total. The first kappa shape index (κ1) is 11.7. The molecule has 1 rings (SSSR count). The van der Waals surface area contributed by atoms with Gasteiger partial charge in [0.25, 0.3) is 0 Å². The lowest BCUT2D eigenvalue weighted by atomic mass is 10.1. The molecule has 1 aliphatic heterocycles. The number of unbranched alkanes of at least 4 members (excludes halogenated alkanes) is 2. The van der Waals surface area contributed by atoms with Gasteiger partial charge in [0.15, 0.2) is 0 Å². The van der Waals surface area contributed by atoms with Gasteiger partial charge in [0.05, 0.1) is 6.04 Å². The summed E-state index contributed by atoms with van der Waals surface area (Å²) in [5.41, 5.74) is 3.24. The summed E-state index contributed by atoms with van der Waals surface area (Å²) in [6.45, 7) is 6.87. The van der Waals surface area contributed by atoms with Crippen molar-refractivity contribution >= 4 is 5.78 Å². The molecule has 0 aliphatic carbocycles. The zero-order chi connectivity index (χ0) is 10.6. The van der Waals surface area contributed by atoms with E-state index in [1.165, 1.54) is 19.3 Å². The topological polar surface area (TPSA) is 32.1 Å². The third-order valence-corrected chi connectivity index (χ3v) is 2.79. The number of nitrogens with one attached hydrogen (secondary N) is 1. The normalized spacial score (nSPS) is 30.4. The van der Waals surface area contributed by atoms with Crippen LogP contribution in [0.25, 0.3) is 0 Å². The highest BCUT2D eigenvalue weighted by atomic mass is 16.1. The molecule has 0 spiro atoms. The van der Waals surface area contributed by atoms with Crippen LogP contribution >= 0.6 is 0 Å². The van der Waals surface area contributed by atoms with Crippen LogP contribution in [0.4, 0.5) is 0 Å². The van der Waals surface area contributed by atoms with Crippen LogP contribution in [-0.2, 0) is 4.79 Å². The molecule has 0 radical (unpaired) electrons. The molecule has 1 saturated heterocycles. The van der Waals surface area contributed by atoms with Gasteiger partial charge in [-0.3, -0.25) is 10.2 Å². The molecule has 1 N–H and O–H groups in total. The molecule has 0 aromatic heterocycles. The van der Waals surface area contributed by atoms with Gasteiger partial charge < -0.3 is 0 Å². The molecular weight excluding hydrogens is 176 g/mol. The summed E-state index contributed by atoms with van der Waals surface area (Å²) >= 11 is 0. The number of carbonyl (C=O) groups is 1. The van der Waals surface area contributed by atoms with Crippen molar-refractivity contribution in [2.24, 2.45) is 0 Å². The minimum Gasteiger partial charge on any atom is -0.298 e. The van der Waals surface area contributed by atoms with Crippen LogP contribution in [0.2, 0.25) is 0 Å². The number of hydrogen-bond donors (Lipinski definition) is 1. The van der Waals surface area contributed by atoms with Crippen LogP contribution in [0.1, 0.15) is 46.5 Å². The zero-order valence-electron chi connectivity index (χ0n) is 9.55. The van der Waals surface area contributed by atoms with Crippen molar-refractivity contribution in [3.63, 3.8) is 0 Å². The number of hydrogen-bond acceptors (Lipinski definition) is 3. The molecule has 82 valence electrons. The first-order valence-electron chi connectivity index (χ1n) is 5.74. The summed E-state index contributed by atoms with van der Waals surface area (Å²) in [5.74, 6) is 0.299. The fourth-order valence-corrected chi connectivity index (χ4v) is 2.05. The predicted octanol–water partition coefficient (Wildman–Crippen LogP) is 1.73. The van der Waals surface area contributed by atoms with E-state index in [1.807, 2.05) is 0 Å². The highest BCUT2D eigenvalue weighted by Gasteiger charge is 2.49. The standard InChI is InChI=1S/C11H22N2O/c1-4-6-7-8-10-11(9(3)14)13(10)12-5-2/h10-12H,4-8H2,1-3H3/t10-,11-,13?/m1/s1. The Morgan fingerprint density at radius 2 is 2.07 bits per heavy atom. The van der Waals surface area contributed by atoms with E-state index < -0.39 is 0 Å². The molecule has 0 saturated carbocycles. The van der Waals surface area contributed by atoms with Crippen molar-refractivity contribution in [1.29, 1.82) is 0 Å². The molecular formula is C11H22N2O. The summed E-state index contributed by atoms with van der Waals surface area (Å²) in [6.07, 6.45) is 4.93. The number of hydrazine groups is 1. The minimum atomic E-state index is 0.159. The predicted molar refractivity (Wildman–Crippen MR) is 57.9 cm³/mol. The van der Waals surface area contributed by atoms with Crippen molar-refractivity contribution < 1.29 is 4.79 Å². The molecule has 1 heterocycles. The van der Waals surface area contributed by atoms with Gasteiger partial charge in [-0.15, -0.1) is 0 Å².